The molecule has 0 aliphatic rings. The van der Waals surface area contributed by atoms with Gasteiger partial charge in [0.1, 0.15) is 28.7 Å². The lowest BCUT2D eigenvalue weighted by Gasteiger charge is -2.26. The van der Waals surface area contributed by atoms with Gasteiger partial charge in [-0.25, -0.2) is 0 Å². The number of nitrogens with zero attached hydrogens (tertiary/aromatic N) is 2. The number of alkyl halides is 3. The molecule has 0 amide bonds. The molecule has 8 nitrogen and oxygen atoms in total. The van der Waals surface area contributed by atoms with Gasteiger partial charge in [0.2, 0.25) is 5.43 Å². The van der Waals surface area contributed by atoms with Crippen molar-refractivity contribution in [1.82, 2.24) is 9.35 Å². The normalized spacial score (nSPS) is 12.0. The molecule has 0 N–H and O–H groups in total. The summed E-state index contributed by atoms with van der Waals surface area (Å²) in [6, 6.07) is 27.5. The molecule has 1 unspecified atom stereocenters. The van der Waals surface area contributed by atoms with Crippen LogP contribution in [0.15, 0.2) is 122 Å². The van der Waals surface area contributed by atoms with E-state index in [1.807, 2.05) is 49.2 Å². The van der Waals surface area contributed by atoms with E-state index in [4.69, 9.17) is 9.47 Å². The van der Waals surface area contributed by atoms with E-state index in [1.165, 1.54) is 12.1 Å². The summed E-state index contributed by atoms with van der Waals surface area (Å²) in [7, 11) is -1.10. The second kappa shape index (κ2) is 14.9. The maximum atomic E-state index is 13.8. The summed E-state index contributed by atoms with van der Waals surface area (Å²) in [6.07, 6.45) is -3.18. The van der Waals surface area contributed by atoms with Crippen LogP contribution in [0.4, 0.5) is 13.2 Å². The van der Waals surface area contributed by atoms with Gasteiger partial charge < -0.3 is 14.2 Å². The van der Waals surface area contributed by atoms with Crippen LogP contribution in [0, 0.1) is 27.7 Å². The molecule has 0 fully saturated rings. The number of rotatable bonds is 9. The number of aromatic nitrogens is 2. The van der Waals surface area contributed by atoms with Crippen molar-refractivity contribution in [2.24, 2.45) is 0 Å². The lowest BCUT2D eigenvalue weighted by atomic mass is 10.0. The lowest BCUT2D eigenvalue weighted by molar-refractivity contribution is -0.274. The summed E-state index contributed by atoms with van der Waals surface area (Å²) in [5, 5.41) is 0. The molecular weight excluding hydrogens is 773 g/mol. The SMILES string of the molecule is Cc1cc(=O)c(-c2ccc(Oc3ccc(OC(F)(F)F)cc3)cc2)c(C)n1-n1c(C)c(Br)c(=O)c(-c2ccc(Oc3ccc(S(C)=O)cc3)cc2)c1C. The zero-order valence-electron chi connectivity index (χ0n) is 29.1. The third-order valence-corrected chi connectivity index (χ3v) is 10.4. The van der Waals surface area contributed by atoms with E-state index in [-0.39, 0.29) is 16.6 Å². The van der Waals surface area contributed by atoms with Gasteiger partial charge in [-0.2, -0.15) is 0 Å². The number of hydrogen-bond acceptors (Lipinski definition) is 6. The maximum Gasteiger partial charge on any atom is 0.573 e. The van der Waals surface area contributed by atoms with E-state index < -0.39 is 17.2 Å². The molecule has 6 rings (SSSR count). The fourth-order valence-electron chi connectivity index (χ4n) is 6.12. The molecule has 0 radical (unpaired) electrons. The van der Waals surface area contributed by atoms with Crippen molar-refractivity contribution < 1.29 is 31.6 Å². The van der Waals surface area contributed by atoms with Crippen LogP contribution in [-0.2, 0) is 10.8 Å². The molecule has 272 valence electrons. The summed E-state index contributed by atoms with van der Waals surface area (Å²) in [6.45, 7) is 7.33. The molecule has 0 saturated heterocycles. The van der Waals surface area contributed by atoms with Gasteiger partial charge in [0.05, 0.1) is 21.3 Å². The van der Waals surface area contributed by atoms with E-state index in [9.17, 15) is 27.0 Å². The molecule has 2 aromatic heterocycles. The molecular formula is C40H32BrF3N2O6S. The first-order valence-electron chi connectivity index (χ1n) is 16.1. The maximum absolute atomic E-state index is 13.8. The Labute approximate surface area is 313 Å². The Balaban J connectivity index is 1.33. The van der Waals surface area contributed by atoms with Gasteiger partial charge in [-0.1, -0.05) is 24.3 Å². The van der Waals surface area contributed by atoms with Crippen molar-refractivity contribution in [2.75, 3.05) is 6.26 Å². The first-order chi connectivity index (χ1) is 25.1. The topological polar surface area (TPSA) is 88.8 Å². The Kier molecular flexibility index (Phi) is 10.5. The average molecular weight is 806 g/mol. The van der Waals surface area contributed by atoms with E-state index in [2.05, 4.69) is 20.7 Å². The van der Waals surface area contributed by atoms with Crippen molar-refractivity contribution in [3.05, 3.63) is 151 Å². The van der Waals surface area contributed by atoms with Gasteiger partial charge in [0, 0.05) is 45.1 Å². The van der Waals surface area contributed by atoms with Crippen LogP contribution in [0.3, 0.4) is 0 Å². The zero-order chi connectivity index (χ0) is 38.2. The van der Waals surface area contributed by atoms with Crippen molar-refractivity contribution in [1.29, 1.82) is 0 Å². The molecule has 0 aliphatic carbocycles. The molecule has 0 bridgehead atoms. The predicted octanol–water partition coefficient (Wildman–Crippen LogP) is 9.87. The van der Waals surface area contributed by atoms with Gasteiger partial charge in [-0.05, 0) is 128 Å². The molecule has 2 heterocycles. The number of halogens is 4. The highest BCUT2D eigenvalue weighted by Crippen LogP contribution is 2.32. The van der Waals surface area contributed by atoms with E-state index in [0.717, 1.165) is 12.1 Å². The molecule has 0 saturated carbocycles. The fraction of sp³-hybridized carbons (Fsp3) is 0.150. The van der Waals surface area contributed by atoms with E-state index >= 15 is 0 Å². The van der Waals surface area contributed by atoms with Gasteiger partial charge in [0.15, 0.2) is 5.43 Å². The van der Waals surface area contributed by atoms with E-state index in [0.29, 0.717) is 77.4 Å². The standard InChI is InChI=1S/C40H32BrF3N2O6S/c1-23-22-35(47)36(27-6-10-29(11-7-27)50-31-14-16-33(17-15-31)52-40(42,43)44)24(2)45(23)46-25(3)37(39(48)38(41)26(46)4)28-8-12-30(13-9-28)51-32-18-20-34(21-19-32)53(5)49/h6-22H,1-5H3. The fourth-order valence-corrected chi connectivity index (χ4v) is 7.01. The molecule has 0 spiro atoms. The van der Waals surface area contributed by atoms with Gasteiger partial charge >= 0.3 is 6.36 Å². The third-order valence-electron chi connectivity index (χ3n) is 8.51. The van der Waals surface area contributed by atoms with Crippen molar-refractivity contribution in [2.45, 2.75) is 39.0 Å². The Bertz CT molecular complexity index is 2460. The quantitative estimate of drug-likeness (QED) is 0.145. The molecule has 53 heavy (non-hydrogen) atoms. The number of benzene rings is 4. The van der Waals surface area contributed by atoms with Crippen molar-refractivity contribution in [3.63, 3.8) is 0 Å². The highest BCUT2D eigenvalue weighted by Gasteiger charge is 2.31. The second-order valence-electron chi connectivity index (χ2n) is 12.1. The Morgan fingerprint density at radius 1 is 0.604 bits per heavy atom. The summed E-state index contributed by atoms with van der Waals surface area (Å²) < 4.78 is 69.2. The van der Waals surface area contributed by atoms with Crippen molar-refractivity contribution in [3.8, 4) is 51.0 Å². The van der Waals surface area contributed by atoms with Crippen molar-refractivity contribution >= 4 is 26.7 Å². The van der Waals surface area contributed by atoms with Crippen LogP contribution in [0.25, 0.3) is 22.3 Å². The van der Waals surface area contributed by atoms with Gasteiger partial charge in [-0.3, -0.25) is 23.2 Å². The highest BCUT2D eigenvalue weighted by atomic mass is 79.9. The third kappa shape index (κ3) is 8.01. The van der Waals surface area contributed by atoms with Crippen LogP contribution in [0.2, 0.25) is 0 Å². The summed E-state index contributed by atoms with van der Waals surface area (Å²) in [4.78, 5) is 28.0. The molecule has 0 aliphatic heterocycles. The average Bonchev–Trinajstić information content (AvgIpc) is 3.10. The lowest BCUT2D eigenvalue weighted by Crippen LogP contribution is -2.28. The number of aryl methyl sites for hydroxylation is 1. The molecule has 1 atom stereocenters. The number of ether oxygens (including phenoxy) is 3. The molecule has 4 aromatic carbocycles. The Hall–Kier alpha value is -5.40. The number of hydrogen-bond donors (Lipinski definition) is 0. The second-order valence-corrected chi connectivity index (χ2v) is 14.3. The minimum Gasteiger partial charge on any atom is -0.457 e. The van der Waals surface area contributed by atoms with Crippen LogP contribution >= 0.6 is 15.9 Å². The minimum atomic E-state index is -4.80. The van der Waals surface area contributed by atoms with Gasteiger partial charge in [0.25, 0.3) is 0 Å². The van der Waals surface area contributed by atoms with Crippen LogP contribution in [-0.4, -0.2) is 26.2 Å². The molecule has 6 aromatic rings. The summed E-state index contributed by atoms with van der Waals surface area (Å²) in [5.74, 6) is 1.49. The minimum absolute atomic E-state index is 0.192. The predicted molar refractivity (Wildman–Crippen MR) is 202 cm³/mol. The largest absolute Gasteiger partial charge is 0.573 e. The Morgan fingerprint density at radius 2 is 1.02 bits per heavy atom. The van der Waals surface area contributed by atoms with Crippen LogP contribution in [0.1, 0.15) is 22.8 Å². The summed E-state index contributed by atoms with van der Waals surface area (Å²) >= 11 is 3.54. The summed E-state index contributed by atoms with van der Waals surface area (Å²) in [5.41, 5.74) is 4.33. The smallest absolute Gasteiger partial charge is 0.457 e. The van der Waals surface area contributed by atoms with E-state index in [1.54, 1.807) is 73.0 Å². The van der Waals surface area contributed by atoms with Crippen LogP contribution in [0.5, 0.6) is 28.7 Å². The highest BCUT2D eigenvalue weighted by molar-refractivity contribution is 9.10. The van der Waals surface area contributed by atoms with Crippen LogP contribution < -0.4 is 25.1 Å². The first kappa shape index (κ1) is 37.4. The van der Waals surface area contributed by atoms with Gasteiger partial charge in [-0.15, -0.1) is 13.2 Å². The number of pyridine rings is 2. The zero-order valence-corrected chi connectivity index (χ0v) is 31.5. The molecule has 13 heteroatoms. The monoisotopic (exact) mass is 804 g/mol. The first-order valence-corrected chi connectivity index (χ1v) is 18.5. The Morgan fingerprint density at radius 3 is 1.49 bits per heavy atom.